The molecule has 0 saturated carbocycles. The summed E-state index contributed by atoms with van der Waals surface area (Å²) in [4.78, 5) is 0. The number of anilines is 1. The lowest BCUT2D eigenvalue weighted by Crippen LogP contribution is -2.25. The Kier molecular flexibility index (Phi) is 4.93. The van der Waals surface area contributed by atoms with E-state index in [1.807, 2.05) is 18.2 Å². The molecular weight excluding hydrogens is 239 g/mol. The van der Waals surface area contributed by atoms with Gasteiger partial charge in [0.15, 0.2) is 0 Å². The minimum Gasteiger partial charge on any atom is -0.384 e. The first-order valence-electron chi connectivity index (χ1n) is 6.53. The molecule has 1 atom stereocenters. The Labute approximate surface area is 113 Å². The first-order valence-corrected chi connectivity index (χ1v) is 6.53. The highest BCUT2D eigenvalue weighted by Crippen LogP contribution is 2.11. The Balaban J connectivity index is 1.71. The molecule has 0 aliphatic heterocycles. The molecule has 0 fully saturated rings. The van der Waals surface area contributed by atoms with Crippen molar-refractivity contribution in [1.29, 1.82) is 0 Å². The van der Waals surface area contributed by atoms with Crippen molar-refractivity contribution in [1.82, 2.24) is 5.32 Å². The van der Waals surface area contributed by atoms with E-state index in [0.29, 0.717) is 6.04 Å². The number of nitrogens with one attached hydrogen (secondary N) is 2. The Hall–Kier alpha value is -1.87. The molecule has 100 valence electrons. The molecule has 2 aromatic carbocycles. The zero-order valence-corrected chi connectivity index (χ0v) is 11.1. The quantitative estimate of drug-likeness (QED) is 0.774. The van der Waals surface area contributed by atoms with Crippen molar-refractivity contribution in [2.75, 3.05) is 18.4 Å². The summed E-state index contributed by atoms with van der Waals surface area (Å²) in [5.74, 6) is -0.207. The van der Waals surface area contributed by atoms with E-state index >= 15 is 0 Å². The van der Waals surface area contributed by atoms with Crippen molar-refractivity contribution in [3.05, 3.63) is 66.0 Å². The predicted molar refractivity (Wildman–Crippen MR) is 77.7 cm³/mol. The van der Waals surface area contributed by atoms with E-state index in [1.54, 1.807) is 12.1 Å². The van der Waals surface area contributed by atoms with Crippen LogP contribution in [0.1, 0.15) is 18.5 Å². The number of benzene rings is 2. The summed E-state index contributed by atoms with van der Waals surface area (Å²) in [5.41, 5.74) is 2.22. The summed E-state index contributed by atoms with van der Waals surface area (Å²) in [6.45, 7) is 3.81. The lowest BCUT2D eigenvalue weighted by molar-refractivity contribution is 0.588. The molecule has 2 N–H and O–H groups in total. The second-order valence-electron chi connectivity index (χ2n) is 4.52. The van der Waals surface area contributed by atoms with E-state index < -0.39 is 0 Å². The molecule has 2 aromatic rings. The number of halogens is 1. The van der Waals surface area contributed by atoms with E-state index in [2.05, 4.69) is 29.7 Å². The highest BCUT2D eigenvalue weighted by molar-refractivity contribution is 5.42. The molecule has 1 unspecified atom stereocenters. The third kappa shape index (κ3) is 4.38. The zero-order chi connectivity index (χ0) is 13.5. The van der Waals surface area contributed by atoms with Crippen LogP contribution in [0.25, 0.3) is 0 Å². The first-order chi connectivity index (χ1) is 9.25. The Morgan fingerprint density at radius 2 is 1.63 bits per heavy atom. The van der Waals surface area contributed by atoms with Crippen LogP contribution in [0.5, 0.6) is 0 Å². The topological polar surface area (TPSA) is 24.1 Å². The lowest BCUT2D eigenvalue weighted by atomic mass is 10.1. The van der Waals surface area contributed by atoms with Gasteiger partial charge in [0.05, 0.1) is 0 Å². The number of hydrogen-bond acceptors (Lipinski definition) is 2. The van der Waals surface area contributed by atoms with Crippen molar-refractivity contribution in [3.63, 3.8) is 0 Å². The zero-order valence-electron chi connectivity index (χ0n) is 11.1. The third-order valence-corrected chi connectivity index (χ3v) is 3.05. The van der Waals surface area contributed by atoms with Gasteiger partial charge in [-0.05, 0) is 36.8 Å². The molecule has 0 spiro atoms. The average molecular weight is 258 g/mol. The van der Waals surface area contributed by atoms with Crippen LogP contribution in [0.15, 0.2) is 54.6 Å². The molecule has 0 aromatic heterocycles. The molecule has 0 saturated heterocycles. The highest BCUT2D eigenvalue weighted by Gasteiger charge is 2.02. The maximum absolute atomic E-state index is 12.7. The van der Waals surface area contributed by atoms with Gasteiger partial charge in [0, 0.05) is 24.8 Å². The lowest BCUT2D eigenvalue weighted by Gasteiger charge is -2.14. The highest BCUT2D eigenvalue weighted by atomic mass is 19.1. The molecule has 0 aliphatic carbocycles. The molecular formula is C16H19FN2. The fourth-order valence-electron chi connectivity index (χ4n) is 1.92. The molecule has 0 bridgehead atoms. The van der Waals surface area contributed by atoms with Crippen molar-refractivity contribution in [2.45, 2.75) is 13.0 Å². The normalized spacial score (nSPS) is 12.1. The molecule has 19 heavy (non-hydrogen) atoms. The third-order valence-electron chi connectivity index (χ3n) is 3.05. The van der Waals surface area contributed by atoms with Gasteiger partial charge in [-0.1, -0.05) is 30.3 Å². The van der Waals surface area contributed by atoms with E-state index in [4.69, 9.17) is 0 Å². The standard InChI is InChI=1S/C16H19FN2/c1-13(14-5-3-2-4-6-14)18-11-12-19-16-9-7-15(17)8-10-16/h2-10,13,18-19H,11-12H2,1H3. The van der Waals surface area contributed by atoms with Crippen molar-refractivity contribution in [3.8, 4) is 0 Å². The van der Waals surface area contributed by atoms with Crippen LogP contribution in [0.4, 0.5) is 10.1 Å². The Morgan fingerprint density at radius 1 is 0.947 bits per heavy atom. The van der Waals surface area contributed by atoms with E-state index in [-0.39, 0.29) is 5.82 Å². The van der Waals surface area contributed by atoms with Gasteiger partial charge in [-0.25, -0.2) is 4.39 Å². The van der Waals surface area contributed by atoms with Gasteiger partial charge in [0.2, 0.25) is 0 Å². The Morgan fingerprint density at radius 3 is 2.32 bits per heavy atom. The minimum absolute atomic E-state index is 0.207. The van der Waals surface area contributed by atoms with Gasteiger partial charge in [0.25, 0.3) is 0 Å². The summed E-state index contributed by atoms with van der Waals surface area (Å²) in [5, 5.41) is 6.69. The van der Waals surface area contributed by atoms with Crippen LogP contribution in [0, 0.1) is 5.82 Å². The molecule has 0 heterocycles. The van der Waals surface area contributed by atoms with Gasteiger partial charge < -0.3 is 10.6 Å². The number of rotatable bonds is 6. The fourth-order valence-corrected chi connectivity index (χ4v) is 1.92. The molecule has 2 nitrogen and oxygen atoms in total. The smallest absolute Gasteiger partial charge is 0.123 e. The van der Waals surface area contributed by atoms with Crippen LogP contribution in [0.2, 0.25) is 0 Å². The average Bonchev–Trinajstić information content (AvgIpc) is 2.46. The predicted octanol–water partition coefficient (Wildman–Crippen LogP) is 3.59. The molecule has 0 radical (unpaired) electrons. The van der Waals surface area contributed by atoms with Crippen LogP contribution in [-0.2, 0) is 0 Å². The molecule has 0 aliphatic rings. The fraction of sp³-hybridized carbons (Fsp3) is 0.250. The van der Waals surface area contributed by atoms with Crippen LogP contribution >= 0.6 is 0 Å². The van der Waals surface area contributed by atoms with Crippen LogP contribution in [-0.4, -0.2) is 13.1 Å². The maximum Gasteiger partial charge on any atom is 0.123 e. The maximum atomic E-state index is 12.7. The van der Waals surface area contributed by atoms with E-state index in [0.717, 1.165) is 18.8 Å². The summed E-state index contributed by atoms with van der Waals surface area (Å²) < 4.78 is 12.7. The second kappa shape index (κ2) is 6.90. The summed E-state index contributed by atoms with van der Waals surface area (Å²) in [7, 11) is 0. The van der Waals surface area contributed by atoms with Crippen molar-refractivity contribution >= 4 is 5.69 Å². The summed E-state index contributed by atoms with van der Waals surface area (Å²) in [6.07, 6.45) is 0. The molecule has 3 heteroatoms. The minimum atomic E-state index is -0.207. The molecule has 0 amide bonds. The van der Waals surface area contributed by atoms with Gasteiger partial charge >= 0.3 is 0 Å². The van der Waals surface area contributed by atoms with Gasteiger partial charge in [-0.2, -0.15) is 0 Å². The van der Waals surface area contributed by atoms with Crippen molar-refractivity contribution < 1.29 is 4.39 Å². The first kappa shape index (κ1) is 13.6. The van der Waals surface area contributed by atoms with Crippen LogP contribution < -0.4 is 10.6 Å². The Bertz CT molecular complexity index is 482. The van der Waals surface area contributed by atoms with Gasteiger partial charge in [0.1, 0.15) is 5.82 Å². The van der Waals surface area contributed by atoms with Crippen LogP contribution in [0.3, 0.4) is 0 Å². The summed E-state index contributed by atoms with van der Waals surface area (Å²) in [6, 6.07) is 17.1. The SMILES string of the molecule is CC(NCCNc1ccc(F)cc1)c1ccccc1. The van der Waals surface area contributed by atoms with E-state index in [1.165, 1.54) is 17.7 Å². The molecule has 2 rings (SSSR count). The van der Waals surface area contributed by atoms with Crippen molar-refractivity contribution in [2.24, 2.45) is 0 Å². The summed E-state index contributed by atoms with van der Waals surface area (Å²) >= 11 is 0. The van der Waals surface area contributed by atoms with Gasteiger partial charge in [-0.15, -0.1) is 0 Å². The largest absolute Gasteiger partial charge is 0.384 e. The monoisotopic (exact) mass is 258 g/mol. The second-order valence-corrected chi connectivity index (χ2v) is 4.52. The van der Waals surface area contributed by atoms with E-state index in [9.17, 15) is 4.39 Å². The van der Waals surface area contributed by atoms with Gasteiger partial charge in [-0.3, -0.25) is 0 Å². The number of hydrogen-bond donors (Lipinski definition) is 2.